The summed E-state index contributed by atoms with van der Waals surface area (Å²) in [5.74, 6) is 2.08. The van der Waals surface area contributed by atoms with Crippen LogP contribution in [0, 0.1) is 0 Å². The molecule has 0 aromatic carbocycles. The molecule has 2 rings (SSSR count). The van der Waals surface area contributed by atoms with Gasteiger partial charge in [-0.05, 0) is 16.8 Å². The van der Waals surface area contributed by atoms with Crippen molar-refractivity contribution >= 4 is 23.4 Å². The second-order valence-electron chi connectivity index (χ2n) is 3.61. The third-order valence-corrected chi connectivity index (χ3v) is 2.96. The molecule has 4 N–H and O–H groups in total. The van der Waals surface area contributed by atoms with Crippen molar-refractivity contribution < 1.29 is 0 Å². The average molecular weight is 266 g/mol. The van der Waals surface area contributed by atoms with Crippen LogP contribution >= 0.6 is 11.8 Å². The molecule has 0 amide bonds. The highest BCUT2D eigenvalue weighted by Crippen LogP contribution is 2.19. The summed E-state index contributed by atoms with van der Waals surface area (Å²) in [4.78, 5) is 8.16. The Balaban J connectivity index is 2.04. The maximum absolute atomic E-state index is 5.60. The van der Waals surface area contributed by atoms with E-state index in [-0.39, 0.29) is 0 Å². The fraction of sp³-hybridized carbons (Fsp3) is 0.444. The van der Waals surface area contributed by atoms with Crippen molar-refractivity contribution in [3.05, 3.63) is 11.9 Å². The first-order valence-corrected chi connectivity index (χ1v) is 6.45. The Morgan fingerprint density at radius 1 is 1.28 bits per heavy atom. The van der Waals surface area contributed by atoms with E-state index in [0.29, 0.717) is 22.5 Å². The van der Waals surface area contributed by atoms with Gasteiger partial charge < -0.3 is 11.5 Å². The van der Waals surface area contributed by atoms with Gasteiger partial charge in [0.2, 0.25) is 0 Å². The Morgan fingerprint density at radius 2 is 2.00 bits per heavy atom. The van der Waals surface area contributed by atoms with Crippen LogP contribution in [0.1, 0.15) is 19.2 Å². The van der Waals surface area contributed by atoms with E-state index in [2.05, 4.69) is 32.4 Å². The van der Waals surface area contributed by atoms with Gasteiger partial charge >= 0.3 is 0 Å². The molecule has 0 aliphatic heterocycles. The molecule has 0 spiro atoms. The number of thioether (sulfide) groups is 1. The molecule has 0 fully saturated rings. The SMILES string of the molecule is CCCn1nnnc1CSc1nc(N)cc(N)n1. The van der Waals surface area contributed by atoms with Gasteiger partial charge in [0, 0.05) is 12.6 Å². The van der Waals surface area contributed by atoms with Gasteiger partial charge in [-0.1, -0.05) is 18.7 Å². The third kappa shape index (κ3) is 3.06. The van der Waals surface area contributed by atoms with Crippen LogP contribution in [0.2, 0.25) is 0 Å². The number of tetrazole rings is 1. The number of rotatable bonds is 5. The largest absolute Gasteiger partial charge is 0.383 e. The highest BCUT2D eigenvalue weighted by molar-refractivity contribution is 7.98. The van der Waals surface area contributed by atoms with Crippen molar-refractivity contribution in [1.82, 2.24) is 30.2 Å². The summed E-state index contributed by atoms with van der Waals surface area (Å²) in [5.41, 5.74) is 11.2. The summed E-state index contributed by atoms with van der Waals surface area (Å²) in [6.07, 6.45) is 0.977. The molecule has 0 radical (unpaired) electrons. The second-order valence-corrected chi connectivity index (χ2v) is 4.55. The Hall–Kier alpha value is -1.90. The van der Waals surface area contributed by atoms with Crippen LogP contribution in [-0.4, -0.2) is 30.2 Å². The molecule has 2 aromatic rings. The third-order valence-electron chi connectivity index (χ3n) is 2.12. The molecule has 96 valence electrons. The van der Waals surface area contributed by atoms with Crippen LogP contribution in [0.25, 0.3) is 0 Å². The number of nitrogens with zero attached hydrogens (tertiary/aromatic N) is 6. The second kappa shape index (κ2) is 5.63. The van der Waals surface area contributed by atoms with Gasteiger partial charge in [0.25, 0.3) is 0 Å². The number of nitrogen functional groups attached to an aromatic ring is 2. The Bertz CT molecular complexity index is 505. The molecule has 0 aliphatic rings. The summed E-state index contributed by atoms with van der Waals surface area (Å²) in [7, 11) is 0. The minimum Gasteiger partial charge on any atom is -0.383 e. The predicted molar refractivity (Wildman–Crippen MR) is 68.5 cm³/mol. The van der Waals surface area contributed by atoms with E-state index in [0.717, 1.165) is 18.8 Å². The quantitative estimate of drug-likeness (QED) is 0.586. The maximum atomic E-state index is 5.60. The van der Waals surface area contributed by atoms with E-state index in [1.54, 1.807) is 4.68 Å². The topological polar surface area (TPSA) is 121 Å². The van der Waals surface area contributed by atoms with Gasteiger partial charge in [-0.15, -0.1) is 5.10 Å². The lowest BCUT2D eigenvalue weighted by Gasteiger charge is -2.03. The standard InChI is InChI=1S/C9H14N8S/c1-2-3-17-8(14-15-16-17)5-18-9-12-6(10)4-7(11)13-9/h4H,2-3,5H2,1H3,(H4,10,11,12,13). The van der Waals surface area contributed by atoms with Gasteiger partial charge in [0.15, 0.2) is 11.0 Å². The first kappa shape index (κ1) is 12.6. The van der Waals surface area contributed by atoms with Crippen molar-refractivity contribution in [3.63, 3.8) is 0 Å². The van der Waals surface area contributed by atoms with Crippen LogP contribution < -0.4 is 11.5 Å². The first-order chi connectivity index (χ1) is 8.69. The minimum atomic E-state index is 0.359. The Labute approximate surface area is 108 Å². The maximum Gasteiger partial charge on any atom is 0.191 e. The van der Waals surface area contributed by atoms with E-state index in [1.807, 2.05) is 0 Å². The molecule has 2 heterocycles. The van der Waals surface area contributed by atoms with Crippen molar-refractivity contribution in [2.75, 3.05) is 11.5 Å². The van der Waals surface area contributed by atoms with Crippen molar-refractivity contribution in [3.8, 4) is 0 Å². The Kier molecular flexibility index (Phi) is 3.92. The molecule has 9 heteroatoms. The molecule has 2 aromatic heterocycles. The number of hydrogen-bond donors (Lipinski definition) is 2. The molecular weight excluding hydrogens is 252 g/mol. The zero-order valence-corrected chi connectivity index (χ0v) is 10.8. The average Bonchev–Trinajstić information content (AvgIpc) is 2.73. The highest BCUT2D eigenvalue weighted by atomic mass is 32.2. The van der Waals surface area contributed by atoms with E-state index >= 15 is 0 Å². The summed E-state index contributed by atoms with van der Waals surface area (Å²) < 4.78 is 1.77. The predicted octanol–water partition coefficient (Wildman–Crippen LogP) is 0.330. The van der Waals surface area contributed by atoms with E-state index < -0.39 is 0 Å². The molecule has 8 nitrogen and oxygen atoms in total. The zero-order valence-electron chi connectivity index (χ0n) is 9.94. The van der Waals surface area contributed by atoms with Crippen LogP contribution in [0.5, 0.6) is 0 Å². The van der Waals surface area contributed by atoms with E-state index in [1.165, 1.54) is 17.8 Å². The minimum absolute atomic E-state index is 0.359. The van der Waals surface area contributed by atoms with Crippen molar-refractivity contribution in [2.24, 2.45) is 0 Å². The highest BCUT2D eigenvalue weighted by Gasteiger charge is 2.08. The van der Waals surface area contributed by atoms with Gasteiger partial charge in [-0.25, -0.2) is 14.6 Å². The number of nitrogens with two attached hydrogens (primary N) is 2. The number of aryl methyl sites for hydroxylation is 1. The van der Waals surface area contributed by atoms with Crippen LogP contribution in [0.3, 0.4) is 0 Å². The van der Waals surface area contributed by atoms with Gasteiger partial charge in [-0.3, -0.25) is 0 Å². The lowest BCUT2D eigenvalue weighted by Crippen LogP contribution is -2.05. The van der Waals surface area contributed by atoms with Crippen molar-refractivity contribution in [2.45, 2.75) is 30.8 Å². The van der Waals surface area contributed by atoms with Gasteiger partial charge in [0.1, 0.15) is 11.6 Å². The van der Waals surface area contributed by atoms with Crippen LogP contribution in [0.4, 0.5) is 11.6 Å². The molecule has 0 saturated carbocycles. The van der Waals surface area contributed by atoms with Crippen LogP contribution in [-0.2, 0) is 12.3 Å². The van der Waals surface area contributed by atoms with Gasteiger partial charge in [-0.2, -0.15) is 0 Å². The number of aromatic nitrogens is 6. The van der Waals surface area contributed by atoms with Gasteiger partial charge in [0.05, 0.1) is 5.75 Å². The van der Waals surface area contributed by atoms with E-state index in [9.17, 15) is 0 Å². The summed E-state index contributed by atoms with van der Waals surface area (Å²) >= 11 is 1.40. The monoisotopic (exact) mass is 266 g/mol. The smallest absolute Gasteiger partial charge is 0.191 e. The normalized spacial score (nSPS) is 10.7. The zero-order chi connectivity index (χ0) is 13.0. The summed E-state index contributed by atoms with van der Waals surface area (Å²) in [6, 6.07) is 1.52. The molecule has 0 atom stereocenters. The molecule has 0 aliphatic carbocycles. The molecular formula is C9H14N8S. The molecule has 0 saturated heterocycles. The number of hydrogen-bond acceptors (Lipinski definition) is 8. The summed E-state index contributed by atoms with van der Waals surface area (Å²) in [6.45, 7) is 2.86. The number of anilines is 2. The lowest BCUT2D eigenvalue weighted by atomic mass is 10.5. The first-order valence-electron chi connectivity index (χ1n) is 5.47. The lowest BCUT2D eigenvalue weighted by molar-refractivity contribution is 0.564. The molecule has 18 heavy (non-hydrogen) atoms. The molecule has 0 unspecified atom stereocenters. The van der Waals surface area contributed by atoms with Crippen molar-refractivity contribution in [1.29, 1.82) is 0 Å². The fourth-order valence-corrected chi connectivity index (χ4v) is 2.17. The Morgan fingerprint density at radius 3 is 2.67 bits per heavy atom. The fourth-order valence-electron chi connectivity index (χ4n) is 1.37. The molecule has 0 bridgehead atoms. The van der Waals surface area contributed by atoms with E-state index in [4.69, 9.17) is 11.5 Å². The van der Waals surface area contributed by atoms with Crippen LogP contribution in [0.15, 0.2) is 11.2 Å². The summed E-state index contributed by atoms with van der Waals surface area (Å²) in [5, 5.41) is 12.0.